The molecule has 0 spiro atoms. The number of amides is 1. The van der Waals surface area contributed by atoms with E-state index in [0.717, 1.165) is 35.4 Å². The molecule has 2 aromatic heterocycles. The lowest BCUT2D eigenvalue weighted by molar-refractivity contribution is -0.123. The summed E-state index contributed by atoms with van der Waals surface area (Å²) in [5.74, 6) is -0.216. The number of anilines is 1. The van der Waals surface area contributed by atoms with Gasteiger partial charge in [0.15, 0.2) is 5.13 Å². The summed E-state index contributed by atoms with van der Waals surface area (Å²) in [5.41, 5.74) is 1.85. The van der Waals surface area contributed by atoms with E-state index in [9.17, 15) is 13.2 Å². The van der Waals surface area contributed by atoms with Crippen LogP contribution in [0, 0.1) is 12.8 Å². The number of carbonyl (C=O) groups excluding carboxylic acids is 1. The topological polar surface area (TPSA) is 73.8 Å². The van der Waals surface area contributed by atoms with Crippen LogP contribution < -0.4 is 4.90 Å². The lowest BCUT2D eigenvalue weighted by Gasteiger charge is -2.33. The SMILES string of the molecule is CCN(CC)CCN(C(=O)C1CCN(S(=O)(=O)c2cccs2)CC1)c1nc2c(C)cc(Cl)cc2s1.Cl. The van der Waals surface area contributed by atoms with Gasteiger partial charge >= 0.3 is 0 Å². The predicted molar refractivity (Wildman–Crippen MR) is 153 cm³/mol. The lowest BCUT2D eigenvalue weighted by atomic mass is 9.96. The number of hydrogen-bond acceptors (Lipinski definition) is 7. The van der Waals surface area contributed by atoms with E-state index in [0.29, 0.717) is 46.8 Å². The first-order valence-corrected chi connectivity index (χ1v) is 15.4. The van der Waals surface area contributed by atoms with Crippen LogP contribution in [0.1, 0.15) is 32.3 Å². The van der Waals surface area contributed by atoms with E-state index in [4.69, 9.17) is 16.6 Å². The number of carbonyl (C=O) groups is 1. The highest BCUT2D eigenvalue weighted by atomic mass is 35.5. The molecule has 1 fully saturated rings. The van der Waals surface area contributed by atoms with Gasteiger partial charge in [-0.25, -0.2) is 13.4 Å². The maximum atomic E-state index is 13.8. The number of piperidine rings is 1. The molecule has 1 amide bonds. The number of hydrogen-bond donors (Lipinski definition) is 0. The fourth-order valence-electron chi connectivity index (χ4n) is 4.44. The normalized spacial score (nSPS) is 15.4. The van der Waals surface area contributed by atoms with Crippen LogP contribution in [0.2, 0.25) is 5.02 Å². The number of likely N-dealkylation sites (N-methyl/N-ethyl adjacent to an activating group) is 1. The molecule has 0 atom stereocenters. The number of thiophene rings is 1. The van der Waals surface area contributed by atoms with Gasteiger partial charge in [0.05, 0.1) is 10.2 Å². The molecule has 0 bridgehead atoms. The van der Waals surface area contributed by atoms with Gasteiger partial charge in [-0.05, 0) is 62.0 Å². The van der Waals surface area contributed by atoms with Crippen molar-refractivity contribution in [3.05, 3.63) is 40.2 Å². The van der Waals surface area contributed by atoms with Gasteiger partial charge in [0, 0.05) is 37.1 Å². The molecule has 3 aromatic rings. The van der Waals surface area contributed by atoms with E-state index in [2.05, 4.69) is 18.7 Å². The van der Waals surface area contributed by atoms with Crippen LogP contribution in [-0.4, -0.2) is 67.8 Å². The van der Waals surface area contributed by atoms with E-state index in [1.54, 1.807) is 17.5 Å². The summed E-state index contributed by atoms with van der Waals surface area (Å²) < 4.78 is 28.6. The zero-order valence-corrected chi connectivity index (χ0v) is 24.7. The Morgan fingerprint density at radius 3 is 2.50 bits per heavy atom. The molecular formula is C24H32Cl2N4O3S3. The summed E-state index contributed by atoms with van der Waals surface area (Å²) in [6.45, 7) is 10.00. The summed E-state index contributed by atoms with van der Waals surface area (Å²) in [6, 6.07) is 7.16. The number of nitrogens with zero attached hydrogens (tertiary/aromatic N) is 4. The second kappa shape index (κ2) is 12.5. The Morgan fingerprint density at radius 2 is 1.89 bits per heavy atom. The van der Waals surface area contributed by atoms with E-state index in [1.165, 1.54) is 27.0 Å². The fraction of sp³-hybridized carbons (Fsp3) is 0.500. The Bertz CT molecular complexity index is 1270. The van der Waals surface area contributed by atoms with Crippen molar-refractivity contribution in [1.29, 1.82) is 0 Å². The maximum Gasteiger partial charge on any atom is 0.252 e. The molecule has 1 aromatic carbocycles. The van der Waals surface area contributed by atoms with Crippen LogP contribution >= 0.6 is 46.7 Å². The number of aryl methyl sites for hydroxylation is 1. The minimum absolute atomic E-state index is 0. The number of halogens is 2. The number of sulfonamides is 1. The van der Waals surface area contributed by atoms with Gasteiger partial charge in [-0.2, -0.15) is 4.31 Å². The predicted octanol–water partition coefficient (Wildman–Crippen LogP) is 5.52. The van der Waals surface area contributed by atoms with E-state index < -0.39 is 10.0 Å². The first-order chi connectivity index (χ1) is 16.7. The molecule has 3 heterocycles. The molecule has 1 aliphatic rings. The van der Waals surface area contributed by atoms with Gasteiger partial charge in [0.1, 0.15) is 4.21 Å². The molecule has 0 N–H and O–H groups in total. The van der Waals surface area contributed by atoms with Crippen molar-refractivity contribution >= 4 is 78.0 Å². The number of rotatable bonds is 9. The molecule has 12 heteroatoms. The Labute approximate surface area is 232 Å². The van der Waals surface area contributed by atoms with Crippen molar-refractivity contribution < 1.29 is 13.2 Å². The largest absolute Gasteiger partial charge is 0.302 e. The van der Waals surface area contributed by atoms with Crippen molar-refractivity contribution in [3.8, 4) is 0 Å². The standard InChI is InChI=1S/C24H31ClN4O3S3.ClH/c1-4-27(5-2)12-13-29(24-26-22-17(3)15-19(25)16-20(22)34-24)23(30)18-8-10-28(11-9-18)35(31,32)21-7-6-14-33-21;/h6-7,14-16,18H,4-5,8-13H2,1-3H3;1H. The van der Waals surface area contributed by atoms with Gasteiger partial charge in [-0.15, -0.1) is 23.7 Å². The van der Waals surface area contributed by atoms with Crippen molar-refractivity contribution in [3.63, 3.8) is 0 Å². The van der Waals surface area contributed by atoms with Crippen LogP contribution in [0.15, 0.2) is 33.9 Å². The number of fused-ring (bicyclic) bond motifs is 1. The van der Waals surface area contributed by atoms with Crippen molar-refractivity contribution in [1.82, 2.24) is 14.2 Å². The first-order valence-electron chi connectivity index (χ1n) is 11.9. The van der Waals surface area contributed by atoms with E-state index >= 15 is 0 Å². The third-order valence-electron chi connectivity index (χ3n) is 6.56. The number of thiazole rings is 1. The summed E-state index contributed by atoms with van der Waals surface area (Å²) >= 11 is 8.97. The summed E-state index contributed by atoms with van der Waals surface area (Å²) in [4.78, 5) is 22.7. The Morgan fingerprint density at radius 1 is 1.19 bits per heavy atom. The van der Waals surface area contributed by atoms with E-state index in [-0.39, 0.29) is 24.2 Å². The molecule has 0 unspecified atom stereocenters. The number of benzene rings is 1. The monoisotopic (exact) mass is 590 g/mol. The van der Waals surface area contributed by atoms with Crippen molar-refractivity contribution in [2.75, 3.05) is 44.2 Å². The van der Waals surface area contributed by atoms with Crippen molar-refractivity contribution in [2.45, 2.75) is 37.8 Å². The number of aromatic nitrogens is 1. The smallest absolute Gasteiger partial charge is 0.252 e. The molecule has 7 nitrogen and oxygen atoms in total. The van der Waals surface area contributed by atoms with Crippen LogP contribution in [0.4, 0.5) is 5.13 Å². The second-order valence-electron chi connectivity index (χ2n) is 8.69. The molecule has 4 rings (SSSR count). The Balaban J connectivity index is 0.00000361. The molecule has 1 saturated heterocycles. The molecule has 0 radical (unpaired) electrons. The molecule has 36 heavy (non-hydrogen) atoms. The first kappa shape index (κ1) is 29.3. The highest BCUT2D eigenvalue weighted by molar-refractivity contribution is 7.91. The minimum atomic E-state index is -3.50. The van der Waals surface area contributed by atoms with Crippen LogP contribution in [0.5, 0.6) is 0 Å². The van der Waals surface area contributed by atoms with Gasteiger partial charge in [-0.1, -0.05) is 42.9 Å². The highest BCUT2D eigenvalue weighted by Crippen LogP contribution is 2.35. The third kappa shape index (κ3) is 6.23. The minimum Gasteiger partial charge on any atom is -0.302 e. The Kier molecular flexibility index (Phi) is 10.2. The highest BCUT2D eigenvalue weighted by Gasteiger charge is 2.35. The summed E-state index contributed by atoms with van der Waals surface area (Å²) in [6.07, 6.45) is 1.00. The molecule has 0 saturated carbocycles. The van der Waals surface area contributed by atoms with Crippen LogP contribution in [0.25, 0.3) is 10.2 Å². The van der Waals surface area contributed by atoms with Gasteiger partial charge in [0.2, 0.25) is 5.91 Å². The average molecular weight is 592 g/mol. The average Bonchev–Trinajstić information content (AvgIpc) is 3.53. The molecule has 1 aliphatic heterocycles. The maximum absolute atomic E-state index is 13.8. The second-order valence-corrected chi connectivity index (χ2v) is 13.3. The van der Waals surface area contributed by atoms with E-state index in [1.807, 2.05) is 24.0 Å². The Hall–Kier alpha value is -1.27. The van der Waals surface area contributed by atoms with Crippen LogP contribution in [0.3, 0.4) is 0 Å². The fourth-order valence-corrected chi connectivity index (χ4v) is 8.51. The van der Waals surface area contributed by atoms with Gasteiger partial charge in [0.25, 0.3) is 10.0 Å². The van der Waals surface area contributed by atoms with Crippen LogP contribution in [-0.2, 0) is 14.8 Å². The third-order valence-corrected chi connectivity index (χ3v) is 11.1. The zero-order valence-electron chi connectivity index (χ0n) is 20.6. The summed E-state index contributed by atoms with van der Waals surface area (Å²) in [7, 11) is -3.50. The molecule has 0 aliphatic carbocycles. The lowest BCUT2D eigenvalue weighted by Crippen LogP contribution is -2.46. The van der Waals surface area contributed by atoms with Gasteiger partial charge in [-0.3, -0.25) is 9.69 Å². The molecule has 198 valence electrons. The van der Waals surface area contributed by atoms with Crippen molar-refractivity contribution in [2.24, 2.45) is 5.92 Å². The van der Waals surface area contributed by atoms with Gasteiger partial charge < -0.3 is 4.90 Å². The summed E-state index contributed by atoms with van der Waals surface area (Å²) in [5, 5.41) is 3.10. The molecular weight excluding hydrogens is 559 g/mol. The quantitative estimate of drug-likeness (QED) is 0.328. The zero-order chi connectivity index (χ0) is 25.2.